The summed E-state index contributed by atoms with van der Waals surface area (Å²) in [6, 6.07) is 0. The number of ether oxygens (including phenoxy) is 12. The maximum Gasteiger partial charge on any atom is 0.562 e. The lowest BCUT2D eigenvalue weighted by Gasteiger charge is -2.35. The third-order valence-electron chi connectivity index (χ3n) is 16.6. The van der Waals surface area contributed by atoms with Gasteiger partial charge in [0.1, 0.15) is 118 Å². The highest BCUT2D eigenvalue weighted by molar-refractivity contribution is 7.50. The molecule has 2 aliphatic heterocycles. The van der Waals surface area contributed by atoms with Crippen LogP contribution in [0.15, 0.2) is 0 Å². The third kappa shape index (κ3) is 35.9. The Hall–Kier alpha value is -5.53. The zero-order valence-corrected chi connectivity index (χ0v) is 69.5. The van der Waals surface area contributed by atoms with Gasteiger partial charge in [-0.1, -0.05) is 13.9 Å². The Morgan fingerprint density at radius 2 is 0.436 bits per heavy atom. The van der Waals surface area contributed by atoms with Crippen LogP contribution in [0.4, 0.5) is 38.4 Å². The standard InChI is InChI=1S/C31H51N3O24.C24H57N3O20P5/c1-10-32(11-2,12-3)56-27(41)48-20-46-24(38)52-30(50-22(35)36)51-23(37)44-19-45-25(39)53-31(55-29(43)58-34(16-7,17-8)18-9)54-26(40)47-21-49-28(42)57-33(13-4,14-5)15-6;1-10-25(11-2,12-3)45-50(30)39-20-35-48(28)33-19-34-49(29,36-21-40-50)38-23-42-52(32,47-27(16-7,17-8)18-9)44-24-43-51(31,41-22-37-48)46-26(13-4,14-5)15-6/h10-21H2,1-9H3;10-24H2,1-9H3/q;+3/p+1. The van der Waals surface area contributed by atoms with Crippen LogP contribution in [0.2, 0.25) is 0 Å². The first-order chi connectivity index (χ1) is 51.8. The molecule has 2 fully saturated rings. The van der Waals surface area contributed by atoms with Gasteiger partial charge in [0.15, 0.2) is 40.8 Å². The molecule has 2 saturated heterocycles. The molecule has 110 heavy (non-hydrogen) atoms. The van der Waals surface area contributed by atoms with Gasteiger partial charge in [-0.15, -0.1) is 13.9 Å². The maximum atomic E-state index is 14.0. The summed E-state index contributed by atoms with van der Waals surface area (Å²) in [5.41, 5.74) is 0. The van der Waals surface area contributed by atoms with E-state index in [9.17, 15) is 61.2 Å². The highest BCUT2D eigenvalue weighted by Crippen LogP contribution is 2.62. The Balaban J connectivity index is 0.00000111. The molecule has 2 rings (SSSR count). The second-order valence-corrected chi connectivity index (χ2v) is 29.5. The van der Waals surface area contributed by atoms with E-state index >= 15 is 0 Å². The number of carboxylic acid groups (broad SMARTS) is 1. The van der Waals surface area contributed by atoms with E-state index in [2.05, 4.69) is 56.8 Å². The van der Waals surface area contributed by atoms with Crippen molar-refractivity contribution in [1.29, 1.82) is 0 Å². The molecule has 0 aromatic carbocycles. The van der Waals surface area contributed by atoms with Crippen molar-refractivity contribution >= 4 is 88.4 Å². The number of hydroxylamine groups is 18. The lowest BCUT2D eigenvalue weighted by atomic mass is 10.5. The molecule has 4 unspecified atom stereocenters. The second-order valence-electron chi connectivity index (χ2n) is 21.4. The first kappa shape index (κ1) is 102. The van der Waals surface area contributed by atoms with Crippen molar-refractivity contribution in [3.63, 3.8) is 0 Å². The van der Waals surface area contributed by atoms with Gasteiger partial charge in [0.25, 0.3) is 0 Å². The van der Waals surface area contributed by atoms with Crippen LogP contribution in [-0.4, -0.2) is 261 Å². The minimum absolute atomic E-state index is 0.103. The highest BCUT2D eigenvalue weighted by atomic mass is 31.2. The Bertz CT molecular complexity index is 2930. The summed E-state index contributed by atoms with van der Waals surface area (Å²) in [4.78, 5) is 112. The van der Waals surface area contributed by atoms with Crippen LogP contribution in [0.5, 0.6) is 0 Å². The van der Waals surface area contributed by atoms with E-state index in [0.717, 1.165) is 0 Å². The predicted octanol–water partition coefficient (Wildman–Crippen LogP) is 11.8. The van der Waals surface area contributed by atoms with Gasteiger partial charge in [0, 0.05) is 0 Å². The lowest BCUT2D eigenvalue weighted by Crippen LogP contribution is -2.49. The van der Waals surface area contributed by atoms with Crippen molar-refractivity contribution in [3.8, 4) is 0 Å². The summed E-state index contributed by atoms with van der Waals surface area (Å²) in [5, 5.41) is 8.84. The van der Waals surface area contributed by atoms with Crippen molar-refractivity contribution < 1.29 is 234 Å². The molecule has 0 aromatic rings. The van der Waals surface area contributed by atoms with E-state index < -0.39 is 162 Å². The lowest BCUT2D eigenvalue weighted by molar-refractivity contribution is -1.09. The molecular weight excluding hydrogens is 1600 g/mol. The van der Waals surface area contributed by atoms with Crippen molar-refractivity contribution in [2.45, 2.75) is 125 Å². The Morgan fingerprint density at radius 1 is 0.264 bits per heavy atom. The van der Waals surface area contributed by atoms with Gasteiger partial charge in [0.05, 0.1) is 0 Å². The average molecular weight is 1710 g/mol. The molecule has 2 aliphatic rings. The predicted molar refractivity (Wildman–Crippen MR) is 358 cm³/mol. The van der Waals surface area contributed by atoms with E-state index in [1.165, 1.54) is 0 Å². The number of phosphoric ester groups is 5. The number of hydrogen-bond acceptors (Lipinski definition) is 43. The van der Waals surface area contributed by atoms with Gasteiger partial charge >= 0.3 is 88.4 Å². The molecule has 0 aromatic heterocycles. The van der Waals surface area contributed by atoms with Gasteiger partial charge < -0.3 is 61.9 Å². The van der Waals surface area contributed by atoms with Crippen molar-refractivity contribution in [3.05, 3.63) is 13.0 Å². The number of carbonyl (C=O) groups is 8. The molecule has 0 saturated carbocycles. The summed E-state index contributed by atoms with van der Waals surface area (Å²) in [6.45, 7) is 24.0. The molecule has 0 radical (unpaired) electrons. The van der Waals surface area contributed by atoms with Crippen molar-refractivity contribution in [2.24, 2.45) is 0 Å². The Morgan fingerprint density at radius 3 is 0.645 bits per heavy atom. The van der Waals surface area contributed by atoms with Gasteiger partial charge in [-0.05, 0) is 125 Å². The highest BCUT2D eigenvalue weighted by Gasteiger charge is 2.48. The van der Waals surface area contributed by atoms with E-state index in [-0.39, 0.29) is 47.5 Å². The van der Waals surface area contributed by atoms with Crippen LogP contribution in [0.3, 0.4) is 0 Å². The topological polar surface area (TPSA) is 519 Å². The Labute approximate surface area is 636 Å². The largest absolute Gasteiger partial charge is 0.562 e. The third-order valence-corrected chi connectivity index (χ3v) is 23.3. The molecule has 4 atom stereocenters. The maximum absolute atomic E-state index is 14.0. The zero-order chi connectivity index (χ0) is 83.6. The minimum Gasteiger partial charge on any atom is -0.528 e. The molecule has 55 heteroatoms. The number of carbonyl (C=O) groups excluding carboxylic acids is 7. The van der Waals surface area contributed by atoms with E-state index in [0.29, 0.717) is 98.2 Å². The van der Waals surface area contributed by atoms with Crippen LogP contribution in [-0.2, 0) is 162 Å². The number of rotatable bonds is 39. The molecule has 2 heterocycles. The van der Waals surface area contributed by atoms with Gasteiger partial charge in [-0.2, -0.15) is 23.5 Å². The smallest absolute Gasteiger partial charge is 0.528 e. The first-order valence-corrected chi connectivity index (χ1v) is 41.8. The fourth-order valence-electron chi connectivity index (χ4n) is 8.73. The van der Waals surface area contributed by atoms with Crippen LogP contribution < -0.4 is 0 Å². The van der Waals surface area contributed by atoms with Crippen LogP contribution >= 0.6 is 39.1 Å². The van der Waals surface area contributed by atoms with Crippen molar-refractivity contribution in [1.82, 2.24) is 0 Å². The molecule has 2 bridgehead atoms. The summed E-state index contributed by atoms with van der Waals surface area (Å²) < 4.78 is 201. The molecule has 1 N–H and O–H groups in total. The number of hydrogen-bond donors (Lipinski definition) is 1. The molecule has 0 amide bonds. The number of quaternary nitrogens is 6. The molecule has 50 nitrogen and oxygen atoms in total. The number of fused-ring (bicyclic) bond motifs is 4. The average Bonchev–Trinajstić information content (AvgIpc) is 0.801. The van der Waals surface area contributed by atoms with Gasteiger partial charge in [-0.3, -0.25) is 54.3 Å². The summed E-state index contributed by atoms with van der Waals surface area (Å²) in [7, 11) is -24.0. The van der Waals surface area contributed by atoms with Crippen LogP contribution in [0, 0.1) is 13.0 Å². The fraction of sp³-hybridized carbons (Fsp3) is 0.818. The first-order valence-electron chi connectivity index (χ1n) is 34.5. The molecular formula is C55H109N6O44P5+4. The number of nitrogens with zero attached hydrogens (tertiary/aromatic N) is 6. The van der Waals surface area contributed by atoms with Gasteiger partial charge in [0.2, 0.25) is 33.3 Å². The monoisotopic (exact) mass is 1710 g/mol. The summed E-state index contributed by atoms with van der Waals surface area (Å²) in [5.74, 6) is 0. The fourth-order valence-corrected chi connectivity index (χ4v) is 14.7. The van der Waals surface area contributed by atoms with Crippen molar-refractivity contribution in [2.75, 3.05) is 179 Å². The zero-order valence-electron chi connectivity index (χ0n) is 65.0. The molecule has 0 aliphatic carbocycles. The number of phosphoric acid groups is 5. The van der Waals surface area contributed by atoms with E-state index in [4.69, 9.17) is 87.8 Å². The minimum atomic E-state index is -4.90. The summed E-state index contributed by atoms with van der Waals surface area (Å²) in [6.07, 6.45) is -13.5. The molecule has 0 spiro atoms. The van der Waals surface area contributed by atoms with E-state index in [1.54, 1.807) is 125 Å². The van der Waals surface area contributed by atoms with E-state index in [1.807, 2.05) is 0 Å². The normalized spacial score (nSPS) is 21.5. The van der Waals surface area contributed by atoms with Crippen LogP contribution in [0.1, 0.15) is 125 Å². The summed E-state index contributed by atoms with van der Waals surface area (Å²) >= 11 is 0. The SMILES string of the molecule is CC[N+](CC)(CC)OC(=O)OCOC(=O)O[C-](OC(=O)O)OC(=O)OCOC(=O)O[C-](OC(=O)OCOC(=O)O[N+](CC)(CC)CC)OC(=O)O[N+](CC)(CC)CC.CC[N+](CC)(CC)OP1(=O)OCOP2(=O)OCOP(=O)(OCO1)OCOP(=O)(O[N+](CC)(CC)CC)OCOP(=O)(O[N+](CC)(CC)CC)OCO2. The Kier molecular flexibility index (Phi) is 46.5. The second kappa shape index (κ2) is 50.0. The van der Waals surface area contributed by atoms with Gasteiger partial charge in [-0.25, -0.2) is 66.1 Å². The van der Waals surface area contributed by atoms with Crippen LogP contribution in [0.25, 0.3) is 0 Å². The molecule has 644 valence electrons. The quantitative estimate of drug-likeness (QED) is 0.0114.